The van der Waals surface area contributed by atoms with Crippen molar-refractivity contribution in [2.24, 2.45) is 5.92 Å². The third-order valence-electron chi connectivity index (χ3n) is 8.45. The molecular formula is C36H45N3O8. The smallest absolute Gasteiger partial charge is 0.242 e. The molecule has 3 aromatic rings. The number of anilines is 1. The number of carbonyl (C=O) groups is 2. The summed E-state index contributed by atoms with van der Waals surface area (Å²) < 4.78 is 28.3. The highest BCUT2D eigenvalue weighted by molar-refractivity contribution is 5.86. The number of para-hydroxylation sites is 2. The summed E-state index contributed by atoms with van der Waals surface area (Å²) in [4.78, 5) is 39.6. The number of methoxy groups -OCH3 is 4. The number of rotatable bonds is 14. The first-order valence-electron chi connectivity index (χ1n) is 15.7. The van der Waals surface area contributed by atoms with E-state index < -0.39 is 12.1 Å². The minimum Gasteiger partial charge on any atom is -0.493 e. The van der Waals surface area contributed by atoms with E-state index in [1.807, 2.05) is 38.1 Å². The van der Waals surface area contributed by atoms with Gasteiger partial charge in [-0.15, -0.1) is 0 Å². The van der Waals surface area contributed by atoms with Gasteiger partial charge in [-0.25, -0.2) is 0 Å². The molecule has 11 nitrogen and oxygen atoms in total. The third-order valence-corrected chi connectivity index (χ3v) is 8.45. The zero-order valence-electron chi connectivity index (χ0n) is 28.2. The first-order chi connectivity index (χ1) is 22.7. The van der Waals surface area contributed by atoms with E-state index in [4.69, 9.17) is 23.7 Å². The molecule has 0 saturated heterocycles. The fourth-order valence-electron chi connectivity index (χ4n) is 5.88. The van der Waals surface area contributed by atoms with Crippen LogP contribution >= 0.6 is 0 Å². The fourth-order valence-corrected chi connectivity index (χ4v) is 5.88. The molecule has 47 heavy (non-hydrogen) atoms. The van der Waals surface area contributed by atoms with Crippen molar-refractivity contribution in [2.75, 3.05) is 46.9 Å². The molecule has 0 spiro atoms. The number of aryl methyl sites for hydroxylation is 1. The molecule has 0 unspecified atom stereocenters. The maximum absolute atomic E-state index is 13.9. The SMILES string of the molecule is CC[C@H](C)[C@H](Nc1ccc2c(cc1=O)[C@H](NC(C)=O)CCc1cc(OC)c(OC)c(OC)c1-2)C(=O)NCCOc1ccccc1OC. The fraction of sp³-hybridized carbons (Fsp3) is 0.417. The third kappa shape index (κ3) is 7.90. The normalized spacial score (nSPS) is 14.7. The second-order valence-electron chi connectivity index (χ2n) is 11.4. The summed E-state index contributed by atoms with van der Waals surface area (Å²) in [6.45, 7) is 5.89. The Morgan fingerprint density at radius 2 is 1.62 bits per heavy atom. The van der Waals surface area contributed by atoms with Crippen LogP contribution in [0.3, 0.4) is 0 Å². The maximum atomic E-state index is 13.9. The van der Waals surface area contributed by atoms with E-state index in [2.05, 4.69) is 16.0 Å². The molecule has 2 amide bonds. The molecule has 1 aliphatic carbocycles. The van der Waals surface area contributed by atoms with Crippen LogP contribution in [0.1, 0.15) is 50.8 Å². The summed E-state index contributed by atoms with van der Waals surface area (Å²) in [5, 5.41) is 9.19. The minimum absolute atomic E-state index is 0.0995. The summed E-state index contributed by atoms with van der Waals surface area (Å²) >= 11 is 0. The van der Waals surface area contributed by atoms with Gasteiger partial charge in [0, 0.05) is 12.5 Å². The number of benzene rings is 2. The average Bonchev–Trinajstić information content (AvgIpc) is 3.32. The Hall–Kier alpha value is -4.93. The number of hydrogen-bond donors (Lipinski definition) is 3. The van der Waals surface area contributed by atoms with Crippen LogP contribution in [0.2, 0.25) is 0 Å². The van der Waals surface area contributed by atoms with E-state index in [0.29, 0.717) is 59.1 Å². The Kier molecular flexibility index (Phi) is 11.9. The van der Waals surface area contributed by atoms with Gasteiger partial charge >= 0.3 is 0 Å². The van der Waals surface area contributed by atoms with Crippen molar-refractivity contribution < 1.29 is 33.3 Å². The molecule has 0 fully saturated rings. The van der Waals surface area contributed by atoms with Crippen molar-refractivity contribution in [3.63, 3.8) is 0 Å². The van der Waals surface area contributed by atoms with Gasteiger partial charge in [-0.1, -0.05) is 38.5 Å². The topological polar surface area (TPSA) is 133 Å². The van der Waals surface area contributed by atoms with Gasteiger partial charge in [-0.3, -0.25) is 14.4 Å². The van der Waals surface area contributed by atoms with Crippen molar-refractivity contribution in [3.8, 4) is 39.9 Å². The zero-order chi connectivity index (χ0) is 34.1. The van der Waals surface area contributed by atoms with Gasteiger partial charge in [0.05, 0.1) is 46.7 Å². The summed E-state index contributed by atoms with van der Waals surface area (Å²) in [6, 6.07) is 13.1. The van der Waals surface area contributed by atoms with Gasteiger partial charge in [0.25, 0.3) is 0 Å². The van der Waals surface area contributed by atoms with Gasteiger partial charge in [-0.2, -0.15) is 0 Å². The second kappa shape index (κ2) is 16.1. The lowest BCUT2D eigenvalue weighted by atomic mass is 9.95. The van der Waals surface area contributed by atoms with Crippen LogP contribution in [0.4, 0.5) is 5.69 Å². The molecule has 3 N–H and O–H groups in total. The largest absolute Gasteiger partial charge is 0.493 e. The number of hydrogen-bond acceptors (Lipinski definition) is 9. The Bertz CT molecular complexity index is 1640. The lowest BCUT2D eigenvalue weighted by molar-refractivity contribution is -0.123. The van der Waals surface area contributed by atoms with Crippen molar-refractivity contribution in [1.29, 1.82) is 0 Å². The molecule has 0 radical (unpaired) electrons. The Balaban J connectivity index is 1.69. The Labute approximate surface area is 275 Å². The molecule has 11 heteroatoms. The van der Waals surface area contributed by atoms with E-state index in [1.54, 1.807) is 39.5 Å². The Morgan fingerprint density at radius 3 is 2.26 bits per heavy atom. The molecular weight excluding hydrogens is 602 g/mol. The lowest BCUT2D eigenvalue weighted by Gasteiger charge is -2.24. The van der Waals surface area contributed by atoms with Gasteiger partial charge < -0.3 is 39.6 Å². The highest BCUT2D eigenvalue weighted by Crippen LogP contribution is 2.50. The van der Waals surface area contributed by atoms with Crippen LogP contribution in [0, 0.1) is 5.92 Å². The van der Waals surface area contributed by atoms with Crippen LogP contribution in [0.15, 0.2) is 53.3 Å². The standard InChI is InChI=1S/C36H45N3O8/c1-8-21(2)33(36(42)37-17-18-47-30-12-10-9-11-29(30)43-4)39-27-16-14-24-25(20-28(27)41)26(38-22(3)40)15-13-23-19-31(44-5)34(45-6)35(46-7)32(23)24/h9-12,14,16,19-21,26,33H,8,13,15,17-18H2,1-7H3,(H,37,42)(H,38,40)(H,39,41)/t21-,26+,33-/m0/s1. The summed E-state index contributed by atoms with van der Waals surface area (Å²) in [6.07, 6.45) is 1.83. The van der Waals surface area contributed by atoms with Gasteiger partial charge in [0.1, 0.15) is 12.6 Å². The van der Waals surface area contributed by atoms with Crippen molar-refractivity contribution in [2.45, 2.75) is 52.1 Å². The molecule has 0 aromatic heterocycles. The van der Waals surface area contributed by atoms with Crippen LogP contribution < -0.4 is 45.1 Å². The highest BCUT2D eigenvalue weighted by Gasteiger charge is 2.30. The maximum Gasteiger partial charge on any atom is 0.242 e. The average molecular weight is 648 g/mol. The lowest BCUT2D eigenvalue weighted by Crippen LogP contribution is -2.45. The highest BCUT2D eigenvalue weighted by atomic mass is 16.5. The molecule has 3 atom stereocenters. The van der Waals surface area contributed by atoms with E-state index >= 15 is 0 Å². The quantitative estimate of drug-likeness (QED) is 0.209. The number of nitrogens with one attached hydrogen (secondary N) is 3. The van der Waals surface area contributed by atoms with Crippen LogP contribution in [-0.4, -0.2) is 59.4 Å². The van der Waals surface area contributed by atoms with Crippen LogP contribution in [0.5, 0.6) is 28.7 Å². The van der Waals surface area contributed by atoms with Crippen molar-refractivity contribution in [1.82, 2.24) is 10.6 Å². The second-order valence-corrected chi connectivity index (χ2v) is 11.4. The van der Waals surface area contributed by atoms with Gasteiger partial charge in [0.15, 0.2) is 23.0 Å². The molecule has 3 aromatic carbocycles. The first-order valence-corrected chi connectivity index (χ1v) is 15.7. The predicted molar refractivity (Wildman–Crippen MR) is 181 cm³/mol. The Morgan fingerprint density at radius 1 is 0.915 bits per heavy atom. The van der Waals surface area contributed by atoms with E-state index in [9.17, 15) is 14.4 Å². The predicted octanol–water partition coefficient (Wildman–Crippen LogP) is 4.89. The molecule has 0 saturated carbocycles. The molecule has 1 aliphatic rings. The molecule has 252 valence electrons. The molecule has 4 rings (SSSR count). The molecule has 0 heterocycles. The number of amides is 2. The first kappa shape index (κ1) is 34.9. The summed E-state index contributed by atoms with van der Waals surface area (Å²) in [5.41, 5.74) is 2.96. The van der Waals surface area contributed by atoms with Crippen molar-refractivity contribution >= 4 is 17.5 Å². The van der Waals surface area contributed by atoms with Crippen LogP contribution in [-0.2, 0) is 16.0 Å². The monoisotopic (exact) mass is 647 g/mol. The summed E-state index contributed by atoms with van der Waals surface area (Å²) in [5.74, 6) is 2.03. The number of carbonyl (C=O) groups excluding carboxylic acids is 2. The zero-order valence-corrected chi connectivity index (χ0v) is 28.2. The number of fused-ring (bicyclic) bond motifs is 3. The van der Waals surface area contributed by atoms with Crippen molar-refractivity contribution in [3.05, 3.63) is 69.9 Å². The van der Waals surface area contributed by atoms with E-state index in [-0.39, 0.29) is 42.0 Å². The molecule has 0 aliphatic heterocycles. The van der Waals surface area contributed by atoms with Gasteiger partial charge in [0.2, 0.25) is 23.0 Å². The van der Waals surface area contributed by atoms with Crippen LogP contribution in [0.25, 0.3) is 11.1 Å². The summed E-state index contributed by atoms with van der Waals surface area (Å²) in [7, 11) is 6.23. The van der Waals surface area contributed by atoms with Gasteiger partial charge in [-0.05, 0) is 65.8 Å². The number of ether oxygens (including phenoxy) is 5. The van der Waals surface area contributed by atoms with E-state index in [0.717, 1.165) is 11.1 Å². The van der Waals surface area contributed by atoms with E-state index in [1.165, 1.54) is 20.1 Å². The minimum atomic E-state index is -0.696. The molecule has 0 bridgehead atoms.